The molecule has 0 spiro atoms. The number of rotatable bonds is 5. The average Bonchev–Trinajstić information content (AvgIpc) is 2.87. The van der Waals surface area contributed by atoms with Gasteiger partial charge in [0.2, 0.25) is 0 Å². The highest BCUT2D eigenvalue weighted by Gasteiger charge is 2.38. The van der Waals surface area contributed by atoms with Crippen molar-refractivity contribution in [1.82, 2.24) is 14.9 Å². The molecule has 0 aliphatic heterocycles. The Morgan fingerprint density at radius 3 is 2.76 bits per heavy atom. The zero-order chi connectivity index (χ0) is 15.5. The van der Waals surface area contributed by atoms with Crippen LogP contribution in [0.15, 0.2) is 29.8 Å². The Kier molecular flexibility index (Phi) is 4.92. The van der Waals surface area contributed by atoms with E-state index in [0.29, 0.717) is 5.69 Å². The van der Waals surface area contributed by atoms with Crippen LogP contribution < -0.4 is 0 Å². The summed E-state index contributed by atoms with van der Waals surface area (Å²) in [5, 5.41) is 11.5. The van der Waals surface area contributed by atoms with Gasteiger partial charge >= 0.3 is 6.18 Å². The molecule has 1 N–H and O–H groups in total. The Bertz CT molecular complexity index is 574. The lowest BCUT2D eigenvalue weighted by Gasteiger charge is -2.21. The molecule has 0 aliphatic carbocycles. The maximum atomic E-state index is 12.3. The van der Waals surface area contributed by atoms with Crippen molar-refractivity contribution in [3.8, 4) is 10.7 Å². The summed E-state index contributed by atoms with van der Waals surface area (Å²) in [5.74, 6) is 0. The molecular formula is C13H14F3N3OS. The predicted octanol–water partition coefficient (Wildman–Crippen LogP) is 2.56. The molecule has 0 fully saturated rings. The minimum Gasteiger partial charge on any atom is -0.382 e. The third-order valence-corrected chi connectivity index (χ3v) is 3.64. The molecular weight excluding hydrogens is 303 g/mol. The Morgan fingerprint density at radius 1 is 1.38 bits per heavy atom. The van der Waals surface area contributed by atoms with E-state index < -0.39 is 18.8 Å². The lowest BCUT2D eigenvalue weighted by Crippen LogP contribution is -2.39. The molecule has 2 aromatic rings. The summed E-state index contributed by atoms with van der Waals surface area (Å²) < 4.78 is 36.8. The molecule has 0 radical (unpaired) electrons. The minimum atomic E-state index is -4.60. The zero-order valence-corrected chi connectivity index (χ0v) is 12.0. The molecule has 8 heteroatoms. The fourth-order valence-corrected chi connectivity index (χ4v) is 2.51. The molecule has 2 aromatic heterocycles. The maximum Gasteiger partial charge on any atom is 0.415 e. The minimum absolute atomic E-state index is 0.233. The third kappa shape index (κ3) is 4.48. The number of likely N-dealkylation sites (N-methyl/N-ethyl adjacent to an activating group) is 1. The van der Waals surface area contributed by atoms with Crippen LogP contribution in [0.5, 0.6) is 0 Å². The Labute approximate surface area is 123 Å². The number of thiazole rings is 1. The van der Waals surface area contributed by atoms with Crippen molar-refractivity contribution < 1.29 is 18.3 Å². The molecule has 2 rings (SSSR count). The molecule has 1 unspecified atom stereocenters. The predicted molar refractivity (Wildman–Crippen MR) is 73.7 cm³/mol. The summed E-state index contributed by atoms with van der Waals surface area (Å²) in [7, 11) is 1.51. The van der Waals surface area contributed by atoms with Gasteiger partial charge in [-0.1, -0.05) is 6.07 Å². The molecule has 21 heavy (non-hydrogen) atoms. The first-order valence-electron chi connectivity index (χ1n) is 6.15. The van der Waals surface area contributed by atoms with E-state index in [-0.39, 0.29) is 6.54 Å². The molecule has 4 nitrogen and oxygen atoms in total. The number of alkyl halides is 3. The van der Waals surface area contributed by atoms with Gasteiger partial charge in [0, 0.05) is 24.7 Å². The van der Waals surface area contributed by atoms with Crippen LogP contribution >= 0.6 is 11.3 Å². The normalized spacial score (nSPS) is 13.6. The monoisotopic (exact) mass is 317 g/mol. The summed E-state index contributed by atoms with van der Waals surface area (Å²) >= 11 is 1.38. The van der Waals surface area contributed by atoms with E-state index >= 15 is 0 Å². The van der Waals surface area contributed by atoms with E-state index in [1.165, 1.54) is 23.3 Å². The molecule has 1 atom stereocenters. The van der Waals surface area contributed by atoms with Gasteiger partial charge in [0.15, 0.2) is 6.10 Å². The van der Waals surface area contributed by atoms with Crippen LogP contribution in [0, 0.1) is 0 Å². The second kappa shape index (κ2) is 6.50. The number of halogens is 3. The molecule has 114 valence electrons. The number of aliphatic hydroxyl groups excluding tert-OH is 1. The highest BCUT2D eigenvalue weighted by molar-refractivity contribution is 7.13. The van der Waals surface area contributed by atoms with Crippen LogP contribution in [-0.4, -0.2) is 45.8 Å². The van der Waals surface area contributed by atoms with Gasteiger partial charge in [0.1, 0.15) is 5.01 Å². The van der Waals surface area contributed by atoms with Crippen LogP contribution in [0.25, 0.3) is 10.7 Å². The first-order chi connectivity index (χ1) is 9.86. The van der Waals surface area contributed by atoms with E-state index in [0.717, 1.165) is 10.7 Å². The summed E-state index contributed by atoms with van der Waals surface area (Å²) in [6.07, 6.45) is -5.30. The summed E-state index contributed by atoms with van der Waals surface area (Å²) in [5.41, 5.74) is 1.38. The van der Waals surface area contributed by atoms with Gasteiger partial charge in [-0.15, -0.1) is 11.3 Å². The molecule has 0 saturated heterocycles. The van der Waals surface area contributed by atoms with E-state index in [1.54, 1.807) is 17.6 Å². The number of aliphatic hydroxyl groups is 1. The largest absolute Gasteiger partial charge is 0.415 e. The maximum absolute atomic E-state index is 12.3. The number of aromatic nitrogens is 2. The van der Waals surface area contributed by atoms with Crippen LogP contribution in [-0.2, 0) is 6.54 Å². The molecule has 0 bridgehead atoms. The number of nitrogens with zero attached hydrogens (tertiary/aromatic N) is 3. The van der Waals surface area contributed by atoms with Crippen LogP contribution in [0.3, 0.4) is 0 Å². The molecule has 0 saturated carbocycles. The van der Waals surface area contributed by atoms with E-state index in [4.69, 9.17) is 5.11 Å². The summed E-state index contributed by atoms with van der Waals surface area (Å²) in [4.78, 5) is 9.89. The quantitative estimate of drug-likeness (QED) is 0.921. The van der Waals surface area contributed by atoms with E-state index in [9.17, 15) is 13.2 Å². The van der Waals surface area contributed by atoms with Gasteiger partial charge in [-0.25, -0.2) is 4.98 Å². The van der Waals surface area contributed by atoms with Crippen molar-refractivity contribution in [3.63, 3.8) is 0 Å². The molecule has 0 aromatic carbocycles. The van der Waals surface area contributed by atoms with Crippen molar-refractivity contribution >= 4 is 11.3 Å². The van der Waals surface area contributed by atoms with Gasteiger partial charge < -0.3 is 5.11 Å². The number of pyridine rings is 1. The number of hydrogen-bond donors (Lipinski definition) is 1. The first-order valence-corrected chi connectivity index (χ1v) is 7.03. The van der Waals surface area contributed by atoms with Gasteiger partial charge in [0.05, 0.1) is 11.4 Å². The van der Waals surface area contributed by atoms with Gasteiger partial charge in [-0.3, -0.25) is 9.88 Å². The van der Waals surface area contributed by atoms with Crippen molar-refractivity contribution in [2.45, 2.75) is 18.8 Å². The zero-order valence-electron chi connectivity index (χ0n) is 11.2. The molecule has 2 heterocycles. The van der Waals surface area contributed by atoms with E-state index in [1.807, 2.05) is 12.1 Å². The lowest BCUT2D eigenvalue weighted by atomic mass is 10.3. The standard InChI is InChI=1S/C13H14F3N3OS/c1-19(7-11(20)13(14,15)16)6-9-8-21-12(18-9)10-4-2-3-5-17-10/h2-5,8,11,20H,6-7H2,1H3. The first kappa shape index (κ1) is 15.9. The molecule has 0 amide bonds. The Morgan fingerprint density at radius 2 is 2.14 bits per heavy atom. The summed E-state index contributed by atoms with van der Waals surface area (Å²) in [6, 6.07) is 5.46. The fraction of sp³-hybridized carbons (Fsp3) is 0.385. The average molecular weight is 317 g/mol. The van der Waals surface area contributed by atoms with Gasteiger partial charge in [-0.2, -0.15) is 13.2 Å². The smallest absolute Gasteiger partial charge is 0.382 e. The van der Waals surface area contributed by atoms with Crippen molar-refractivity contribution in [2.75, 3.05) is 13.6 Å². The SMILES string of the molecule is CN(Cc1csc(-c2ccccn2)n1)CC(O)C(F)(F)F. The second-order valence-corrected chi connectivity index (χ2v) is 5.47. The van der Waals surface area contributed by atoms with Crippen LogP contribution in [0.4, 0.5) is 13.2 Å². The second-order valence-electron chi connectivity index (χ2n) is 4.61. The van der Waals surface area contributed by atoms with Crippen LogP contribution in [0.2, 0.25) is 0 Å². The van der Waals surface area contributed by atoms with Crippen LogP contribution in [0.1, 0.15) is 5.69 Å². The topological polar surface area (TPSA) is 49.2 Å². The third-order valence-electron chi connectivity index (χ3n) is 2.73. The van der Waals surface area contributed by atoms with Gasteiger partial charge in [0.25, 0.3) is 0 Å². The van der Waals surface area contributed by atoms with E-state index in [2.05, 4.69) is 9.97 Å². The highest BCUT2D eigenvalue weighted by atomic mass is 32.1. The van der Waals surface area contributed by atoms with Crippen molar-refractivity contribution in [3.05, 3.63) is 35.5 Å². The number of hydrogen-bond acceptors (Lipinski definition) is 5. The highest BCUT2D eigenvalue weighted by Crippen LogP contribution is 2.23. The fourth-order valence-electron chi connectivity index (χ4n) is 1.73. The summed E-state index contributed by atoms with van der Waals surface area (Å²) in [6.45, 7) is -0.254. The molecule has 0 aliphatic rings. The Hall–Kier alpha value is -1.51. The lowest BCUT2D eigenvalue weighted by molar-refractivity contribution is -0.207. The van der Waals surface area contributed by atoms with Crippen molar-refractivity contribution in [2.24, 2.45) is 0 Å². The van der Waals surface area contributed by atoms with Crippen molar-refractivity contribution in [1.29, 1.82) is 0 Å². The Balaban J connectivity index is 1.97. The van der Waals surface area contributed by atoms with Gasteiger partial charge in [-0.05, 0) is 19.2 Å².